The molecule has 1 aliphatic carbocycles. The van der Waals surface area contributed by atoms with Gasteiger partial charge in [0.1, 0.15) is 11.4 Å². The molecule has 0 spiro atoms. The molecule has 32 heavy (non-hydrogen) atoms. The molecule has 1 aliphatic rings. The molecule has 0 fully saturated rings. The van der Waals surface area contributed by atoms with Gasteiger partial charge < -0.3 is 0 Å². The fraction of sp³-hybridized carbons (Fsp3) is 0.200. The summed E-state index contributed by atoms with van der Waals surface area (Å²) in [6.45, 7) is 0. The Kier molecular flexibility index (Phi) is 4.63. The Morgan fingerprint density at radius 1 is 0.500 bits per heavy atom. The number of fused-ring (bicyclic) bond motifs is 2. The monoisotopic (exact) mass is 420 g/mol. The largest absolute Gasteiger partial charge is 0.298 e. The molecule has 5 rings (SSSR count). The number of quaternary nitrogens is 2. The van der Waals surface area contributed by atoms with Crippen molar-refractivity contribution in [1.29, 1.82) is 0 Å². The van der Waals surface area contributed by atoms with E-state index in [9.17, 15) is 0 Å². The lowest BCUT2D eigenvalue weighted by atomic mass is 9.95. The summed E-state index contributed by atoms with van der Waals surface area (Å²) in [6, 6.07) is 31.5. The fourth-order valence-electron chi connectivity index (χ4n) is 4.48. The topological polar surface area (TPSA) is 0 Å². The van der Waals surface area contributed by atoms with Crippen LogP contribution in [0.15, 0.2) is 84.9 Å². The minimum Gasteiger partial charge on any atom is -0.298 e. The zero-order valence-corrected chi connectivity index (χ0v) is 20.0. The van der Waals surface area contributed by atoms with Gasteiger partial charge in [-0.25, -0.2) is 0 Å². The quantitative estimate of drug-likeness (QED) is 0.289. The van der Waals surface area contributed by atoms with Crippen molar-refractivity contribution in [2.24, 2.45) is 0 Å². The predicted molar refractivity (Wildman–Crippen MR) is 141 cm³/mol. The smallest absolute Gasteiger partial charge is 0.132 e. The van der Waals surface area contributed by atoms with Crippen LogP contribution in [0.1, 0.15) is 22.3 Å². The lowest BCUT2D eigenvalue weighted by molar-refractivity contribution is 0.486. The Bertz CT molecular complexity index is 1240. The van der Waals surface area contributed by atoms with Crippen molar-refractivity contribution in [2.75, 3.05) is 42.3 Å². The van der Waals surface area contributed by atoms with Gasteiger partial charge in [0.15, 0.2) is 0 Å². The summed E-state index contributed by atoms with van der Waals surface area (Å²) >= 11 is 0. The Hall–Kier alpha value is -3.20. The first-order valence-electron chi connectivity index (χ1n) is 11.3. The number of rotatable bonds is 4. The van der Waals surface area contributed by atoms with Crippen molar-refractivity contribution in [3.63, 3.8) is 0 Å². The Labute approximate surface area is 191 Å². The second-order valence-corrected chi connectivity index (χ2v) is 10.6. The summed E-state index contributed by atoms with van der Waals surface area (Å²) in [4.78, 5) is 0. The molecular weight excluding hydrogens is 388 g/mol. The van der Waals surface area contributed by atoms with Crippen molar-refractivity contribution >= 4 is 33.3 Å². The maximum absolute atomic E-state index is 2.35. The SMILES string of the molecule is C[N+](C)(C)c1ccc(C(=C2c3cc4ccccc4cc32)c2ccc([N+](C)(C)C)cc2)cc1. The van der Waals surface area contributed by atoms with Gasteiger partial charge in [0.2, 0.25) is 0 Å². The number of hydrogen-bond acceptors (Lipinski definition) is 0. The van der Waals surface area contributed by atoms with Crippen LogP contribution in [0.4, 0.5) is 11.4 Å². The van der Waals surface area contributed by atoms with E-state index >= 15 is 0 Å². The van der Waals surface area contributed by atoms with E-state index < -0.39 is 0 Å². The normalized spacial score (nSPS) is 13.2. The van der Waals surface area contributed by atoms with Gasteiger partial charge in [0, 0.05) is 0 Å². The minimum atomic E-state index is 0.815. The lowest BCUT2D eigenvalue weighted by Gasteiger charge is -2.24. The highest BCUT2D eigenvalue weighted by molar-refractivity contribution is 6.18. The molecule has 0 saturated carbocycles. The highest BCUT2D eigenvalue weighted by atomic mass is 15.3. The summed E-state index contributed by atoms with van der Waals surface area (Å²) < 4.78 is 1.63. The van der Waals surface area contributed by atoms with Crippen LogP contribution in [0.2, 0.25) is 0 Å². The van der Waals surface area contributed by atoms with Crippen LogP contribution in [0.5, 0.6) is 0 Å². The minimum absolute atomic E-state index is 0.815. The van der Waals surface area contributed by atoms with E-state index in [1.807, 2.05) is 0 Å². The van der Waals surface area contributed by atoms with E-state index in [-0.39, 0.29) is 0 Å². The van der Waals surface area contributed by atoms with E-state index in [1.54, 1.807) is 0 Å². The molecule has 2 heteroatoms. The first-order valence-corrected chi connectivity index (χ1v) is 11.3. The average Bonchev–Trinajstić information content (AvgIpc) is 3.44. The van der Waals surface area contributed by atoms with Crippen molar-refractivity contribution in [2.45, 2.75) is 0 Å². The molecule has 0 atom stereocenters. The number of hydrogen-bond donors (Lipinski definition) is 0. The molecule has 0 amide bonds. The third-order valence-electron chi connectivity index (χ3n) is 6.47. The first kappa shape index (κ1) is 20.7. The van der Waals surface area contributed by atoms with Crippen LogP contribution in [0.25, 0.3) is 21.9 Å². The van der Waals surface area contributed by atoms with Gasteiger partial charge in [-0.15, -0.1) is 0 Å². The van der Waals surface area contributed by atoms with E-state index in [2.05, 4.69) is 127 Å². The summed E-state index contributed by atoms with van der Waals surface area (Å²) in [6.07, 6.45) is 0. The van der Waals surface area contributed by atoms with Crippen molar-refractivity contribution in [3.05, 3.63) is 107 Å². The van der Waals surface area contributed by atoms with Gasteiger partial charge in [-0.3, -0.25) is 8.97 Å². The van der Waals surface area contributed by atoms with Crippen LogP contribution in [0, 0.1) is 0 Å². The molecule has 0 N–H and O–H groups in total. The van der Waals surface area contributed by atoms with Crippen LogP contribution in [0.3, 0.4) is 0 Å². The van der Waals surface area contributed by atoms with E-state index in [0.717, 1.165) is 8.97 Å². The van der Waals surface area contributed by atoms with Gasteiger partial charge in [-0.1, -0.05) is 24.3 Å². The molecule has 0 bridgehead atoms. The Balaban J connectivity index is 1.68. The molecule has 0 heterocycles. The van der Waals surface area contributed by atoms with E-state index in [4.69, 9.17) is 0 Å². The highest BCUT2D eigenvalue weighted by Crippen LogP contribution is 2.51. The summed E-state index contributed by atoms with van der Waals surface area (Å²) in [5.74, 6) is 0. The van der Waals surface area contributed by atoms with Gasteiger partial charge in [0.05, 0.1) is 42.3 Å². The van der Waals surface area contributed by atoms with Crippen molar-refractivity contribution < 1.29 is 0 Å². The summed E-state index contributed by atoms with van der Waals surface area (Å²) in [5.41, 5.74) is 10.6. The molecule has 0 saturated heterocycles. The van der Waals surface area contributed by atoms with E-state index in [0.29, 0.717) is 0 Å². The van der Waals surface area contributed by atoms with Gasteiger partial charge >= 0.3 is 0 Å². The highest BCUT2D eigenvalue weighted by Gasteiger charge is 2.31. The predicted octanol–water partition coefficient (Wildman–Crippen LogP) is 6.55. The maximum atomic E-state index is 2.35. The third-order valence-corrected chi connectivity index (χ3v) is 6.47. The third kappa shape index (κ3) is 3.66. The van der Waals surface area contributed by atoms with Crippen LogP contribution < -0.4 is 8.97 Å². The average molecular weight is 421 g/mol. The van der Waals surface area contributed by atoms with Gasteiger partial charge in [0.25, 0.3) is 0 Å². The zero-order valence-electron chi connectivity index (χ0n) is 20.0. The van der Waals surface area contributed by atoms with Crippen molar-refractivity contribution in [1.82, 2.24) is 8.97 Å². The zero-order chi connectivity index (χ0) is 22.7. The molecule has 0 radical (unpaired) electrons. The molecular formula is C30H32N2+2. The molecule has 2 nitrogen and oxygen atoms in total. The van der Waals surface area contributed by atoms with Gasteiger partial charge in [-0.2, -0.15) is 0 Å². The van der Waals surface area contributed by atoms with Crippen LogP contribution in [-0.2, 0) is 0 Å². The standard InChI is InChI=1S/C30H32N2/c1-31(2,3)25-15-11-21(12-16-25)29(22-13-17-26(18-14-22)32(4,5)6)30-27-19-23-9-7-8-10-24(23)20-28(27)30/h7-20H,1-6H3/q+2. The maximum Gasteiger partial charge on any atom is 0.132 e. The molecule has 0 aromatic heterocycles. The second-order valence-electron chi connectivity index (χ2n) is 10.6. The fourth-order valence-corrected chi connectivity index (χ4v) is 4.48. The van der Waals surface area contributed by atoms with E-state index in [1.165, 1.54) is 55.5 Å². The van der Waals surface area contributed by atoms with Crippen LogP contribution in [-0.4, -0.2) is 42.3 Å². The summed E-state index contributed by atoms with van der Waals surface area (Å²) in [7, 11) is 13.3. The van der Waals surface area contributed by atoms with Crippen LogP contribution >= 0.6 is 0 Å². The van der Waals surface area contributed by atoms with Gasteiger partial charge in [-0.05, 0) is 105 Å². The lowest BCUT2D eigenvalue weighted by Crippen LogP contribution is -2.34. The Morgan fingerprint density at radius 3 is 1.22 bits per heavy atom. The molecule has 0 unspecified atom stereocenters. The molecule has 160 valence electrons. The summed E-state index contributed by atoms with van der Waals surface area (Å²) in [5, 5.41) is 2.61. The molecule has 4 aromatic rings. The first-order chi connectivity index (χ1) is 15.1. The number of nitrogens with zero attached hydrogens (tertiary/aromatic N) is 2. The van der Waals surface area contributed by atoms with Crippen molar-refractivity contribution in [3.8, 4) is 0 Å². The molecule has 4 aromatic carbocycles. The Morgan fingerprint density at radius 2 is 0.875 bits per heavy atom. The second kappa shape index (κ2) is 7.16. The molecule has 0 aliphatic heterocycles. The number of benzene rings is 4.